The topological polar surface area (TPSA) is 18.5 Å². The highest BCUT2D eigenvalue weighted by Gasteiger charge is 2.81. The van der Waals surface area contributed by atoms with Crippen LogP contribution < -0.4 is 0 Å². The molecule has 1 unspecified atom stereocenters. The summed E-state index contributed by atoms with van der Waals surface area (Å²) in [4.78, 5) is 0. The van der Waals surface area contributed by atoms with Crippen LogP contribution in [0.4, 0.5) is 39.5 Å². The van der Waals surface area contributed by atoms with Gasteiger partial charge in [0.2, 0.25) is 0 Å². The molecule has 0 N–H and O–H groups in total. The molecule has 21 heavy (non-hydrogen) atoms. The zero-order valence-electron chi connectivity index (χ0n) is 10.3. The van der Waals surface area contributed by atoms with Gasteiger partial charge in [-0.25, -0.2) is 0 Å². The largest absolute Gasteiger partial charge is 0.460 e. The van der Waals surface area contributed by atoms with Crippen LogP contribution in [0.3, 0.4) is 0 Å². The van der Waals surface area contributed by atoms with Crippen molar-refractivity contribution in [3.8, 4) is 0 Å². The van der Waals surface area contributed by atoms with Gasteiger partial charge in [0.05, 0.1) is 0 Å². The molecule has 126 valence electrons. The predicted octanol–water partition coefficient (Wildman–Crippen LogP) is 4.00. The van der Waals surface area contributed by atoms with Crippen LogP contribution in [-0.4, -0.2) is 43.4 Å². The maximum absolute atomic E-state index is 13.1. The van der Waals surface area contributed by atoms with Gasteiger partial charge in [0, 0.05) is 6.61 Å². The van der Waals surface area contributed by atoms with Crippen LogP contribution in [0.2, 0.25) is 0 Å². The quantitative estimate of drug-likeness (QED) is 0.708. The van der Waals surface area contributed by atoms with Crippen LogP contribution in [0.15, 0.2) is 0 Å². The highest BCUT2D eigenvalue weighted by molar-refractivity contribution is 5.00. The first-order valence-corrected chi connectivity index (χ1v) is 5.76. The molecule has 0 radical (unpaired) electrons. The zero-order valence-corrected chi connectivity index (χ0v) is 10.3. The second-order valence-corrected chi connectivity index (χ2v) is 4.46. The average Bonchev–Trinajstić information content (AvgIpc) is 2.36. The summed E-state index contributed by atoms with van der Waals surface area (Å²) < 4.78 is 121. The standard InChI is InChI=1S/C10H11F9O2/c11-7(12,5-21-6-3-1-2-4-20-6)8(13,14)9(15,16)10(17,18)19/h6H,1-5H2. The van der Waals surface area contributed by atoms with Gasteiger partial charge in [0.25, 0.3) is 0 Å². The Kier molecular flexibility index (Phi) is 5.09. The smallest absolute Gasteiger partial charge is 0.353 e. The molecule has 0 amide bonds. The summed E-state index contributed by atoms with van der Waals surface area (Å²) >= 11 is 0. The molecule has 11 heteroatoms. The third kappa shape index (κ3) is 3.55. The highest BCUT2D eigenvalue weighted by atomic mass is 19.4. The zero-order chi connectivity index (χ0) is 16.5. The number of alkyl halides is 9. The van der Waals surface area contributed by atoms with E-state index in [0.717, 1.165) is 0 Å². The Hall–Kier alpha value is -0.710. The molecule has 1 rings (SSSR count). The molecule has 0 aromatic carbocycles. The minimum Gasteiger partial charge on any atom is -0.353 e. The molecule has 0 aromatic rings. The molecule has 0 bridgehead atoms. The van der Waals surface area contributed by atoms with Gasteiger partial charge in [-0.05, 0) is 19.3 Å². The molecule has 1 saturated heterocycles. The molecule has 0 aromatic heterocycles. The van der Waals surface area contributed by atoms with Crippen molar-refractivity contribution in [2.75, 3.05) is 13.2 Å². The second kappa shape index (κ2) is 5.82. The maximum Gasteiger partial charge on any atom is 0.460 e. The molecule has 0 saturated carbocycles. The number of hydrogen-bond donors (Lipinski definition) is 0. The van der Waals surface area contributed by atoms with Crippen LogP contribution >= 0.6 is 0 Å². The van der Waals surface area contributed by atoms with E-state index in [1.165, 1.54) is 0 Å². The number of hydrogen-bond acceptors (Lipinski definition) is 2. The Labute approximate surface area is 113 Å². The summed E-state index contributed by atoms with van der Waals surface area (Å²) in [6.07, 6.45) is -7.07. The van der Waals surface area contributed by atoms with Crippen molar-refractivity contribution in [2.24, 2.45) is 0 Å². The number of ether oxygens (including phenoxy) is 2. The van der Waals surface area contributed by atoms with E-state index in [-0.39, 0.29) is 13.0 Å². The van der Waals surface area contributed by atoms with Crippen molar-refractivity contribution in [1.82, 2.24) is 0 Å². The monoisotopic (exact) mass is 334 g/mol. The lowest BCUT2D eigenvalue weighted by Crippen LogP contribution is -2.62. The van der Waals surface area contributed by atoms with Crippen molar-refractivity contribution in [2.45, 2.75) is 49.5 Å². The van der Waals surface area contributed by atoms with Gasteiger partial charge in [-0.2, -0.15) is 39.5 Å². The van der Waals surface area contributed by atoms with Crippen LogP contribution in [-0.2, 0) is 9.47 Å². The lowest BCUT2D eigenvalue weighted by molar-refractivity contribution is -0.402. The Balaban J connectivity index is 2.78. The Morgan fingerprint density at radius 3 is 1.86 bits per heavy atom. The SMILES string of the molecule is FC(F)(F)C(F)(F)C(F)(F)C(F)(F)COC1CCCCO1. The summed E-state index contributed by atoms with van der Waals surface area (Å²) in [5.41, 5.74) is 0. The molecule has 1 aliphatic rings. The molecular formula is C10H11F9O2. The molecular weight excluding hydrogens is 323 g/mol. The minimum absolute atomic E-state index is 0.0529. The van der Waals surface area contributed by atoms with Gasteiger partial charge in [-0.15, -0.1) is 0 Å². The van der Waals surface area contributed by atoms with Gasteiger partial charge >= 0.3 is 23.9 Å². The first kappa shape index (κ1) is 18.3. The third-order valence-electron chi connectivity index (χ3n) is 2.80. The first-order chi connectivity index (χ1) is 9.33. The number of rotatable bonds is 5. The summed E-state index contributed by atoms with van der Waals surface area (Å²) in [6.45, 7) is -2.22. The highest BCUT2D eigenvalue weighted by Crippen LogP contribution is 2.53. The fourth-order valence-corrected chi connectivity index (χ4v) is 1.54. The second-order valence-electron chi connectivity index (χ2n) is 4.46. The summed E-state index contributed by atoms with van der Waals surface area (Å²) in [5, 5.41) is 0. The lowest BCUT2D eigenvalue weighted by Gasteiger charge is -2.34. The van der Waals surface area contributed by atoms with Crippen molar-refractivity contribution >= 4 is 0 Å². The molecule has 0 spiro atoms. The Morgan fingerprint density at radius 2 is 1.43 bits per heavy atom. The normalized spacial score (nSPS) is 22.4. The average molecular weight is 334 g/mol. The van der Waals surface area contributed by atoms with E-state index < -0.39 is 36.8 Å². The third-order valence-corrected chi connectivity index (χ3v) is 2.80. The van der Waals surface area contributed by atoms with Gasteiger partial charge in [-0.1, -0.05) is 0 Å². The van der Waals surface area contributed by atoms with E-state index in [1.54, 1.807) is 0 Å². The van der Waals surface area contributed by atoms with Crippen LogP contribution in [0.1, 0.15) is 19.3 Å². The molecule has 2 nitrogen and oxygen atoms in total. The summed E-state index contributed by atoms with van der Waals surface area (Å²) in [7, 11) is 0. The first-order valence-electron chi connectivity index (χ1n) is 5.76. The van der Waals surface area contributed by atoms with Gasteiger partial charge < -0.3 is 9.47 Å². The van der Waals surface area contributed by atoms with Gasteiger partial charge in [0.15, 0.2) is 6.29 Å². The molecule has 1 aliphatic heterocycles. The predicted molar refractivity (Wildman–Crippen MR) is 50.4 cm³/mol. The fourth-order valence-electron chi connectivity index (χ4n) is 1.54. The van der Waals surface area contributed by atoms with Crippen LogP contribution in [0, 0.1) is 0 Å². The molecule has 0 aliphatic carbocycles. The van der Waals surface area contributed by atoms with E-state index in [2.05, 4.69) is 4.74 Å². The van der Waals surface area contributed by atoms with E-state index in [4.69, 9.17) is 4.74 Å². The summed E-state index contributed by atoms with van der Waals surface area (Å²) in [5.74, 6) is -19.2. The fraction of sp³-hybridized carbons (Fsp3) is 1.00. The van der Waals surface area contributed by atoms with Crippen molar-refractivity contribution < 1.29 is 49.0 Å². The maximum atomic E-state index is 13.1. The van der Waals surface area contributed by atoms with Crippen LogP contribution in [0.5, 0.6) is 0 Å². The Morgan fingerprint density at radius 1 is 0.857 bits per heavy atom. The van der Waals surface area contributed by atoms with Crippen molar-refractivity contribution in [1.29, 1.82) is 0 Å². The number of halogens is 9. The van der Waals surface area contributed by atoms with E-state index >= 15 is 0 Å². The minimum atomic E-state index is -6.89. The molecule has 1 atom stereocenters. The lowest BCUT2D eigenvalue weighted by atomic mass is 10.0. The van der Waals surface area contributed by atoms with Crippen molar-refractivity contribution in [3.05, 3.63) is 0 Å². The molecule has 1 heterocycles. The Bertz CT molecular complexity index is 347. The van der Waals surface area contributed by atoms with Gasteiger partial charge in [0.1, 0.15) is 6.61 Å². The van der Waals surface area contributed by atoms with Crippen molar-refractivity contribution in [3.63, 3.8) is 0 Å². The van der Waals surface area contributed by atoms with E-state index in [9.17, 15) is 39.5 Å². The van der Waals surface area contributed by atoms with E-state index in [1.807, 2.05) is 0 Å². The van der Waals surface area contributed by atoms with Crippen LogP contribution in [0.25, 0.3) is 0 Å². The summed E-state index contributed by atoms with van der Waals surface area (Å²) in [6, 6.07) is 0. The van der Waals surface area contributed by atoms with Gasteiger partial charge in [-0.3, -0.25) is 0 Å². The molecule has 1 fully saturated rings. The van der Waals surface area contributed by atoms with E-state index in [0.29, 0.717) is 12.8 Å².